The van der Waals surface area contributed by atoms with Gasteiger partial charge in [0.05, 0.1) is 0 Å². The van der Waals surface area contributed by atoms with Crippen LogP contribution in [0.25, 0.3) is 10.9 Å². The fourth-order valence-electron chi connectivity index (χ4n) is 1.71. The standard InChI is InChI=1S/C14H18N2/c1-11(2)5-7-15-10-12-3-4-14-13(9-12)6-8-16-14/h3-6,8-9,15-16H,7,10H2,1-2H3. The summed E-state index contributed by atoms with van der Waals surface area (Å²) in [6, 6.07) is 8.62. The third kappa shape index (κ3) is 2.74. The molecule has 0 fully saturated rings. The topological polar surface area (TPSA) is 27.8 Å². The van der Waals surface area contributed by atoms with Crippen molar-refractivity contribution in [3.63, 3.8) is 0 Å². The van der Waals surface area contributed by atoms with E-state index in [1.807, 2.05) is 6.20 Å². The normalized spacial score (nSPS) is 10.6. The number of nitrogens with one attached hydrogen (secondary N) is 2. The zero-order valence-corrected chi connectivity index (χ0v) is 9.88. The number of H-pyrrole nitrogens is 1. The van der Waals surface area contributed by atoms with Crippen LogP contribution in [-0.4, -0.2) is 11.5 Å². The lowest BCUT2D eigenvalue weighted by atomic mass is 10.1. The fraction of sp³-hybridized carbons (Fsp3) is 0.286. The Morgan fingerprint density at radius 2 is 2.19 bits per heavy atom. The number of allylic oxidation sites excluding steroid dienone is 1. The number of fused-ring (bicyclic) bond motifs is 1. The smallest absolute Gasteiger partial charge is 0.0454 e. The first-order chi connectivity index (χ1) is 7.75. The minimum atomic E-state index is 0.922. The van der Waals surface area contributed by atoms with E-state index < -0.39 is 0 Å². The Morgan fingerprint density at radius 3 is 3.00 bits per heavy atom. The van der Waals surface area contributed by atoms with E-state index in [-0.39, 0.29) is 0 Å². The summed E-state index contributed by atoms with van der Waals surface area (Å²) in [6.45, 7) is 6.10. The van der Waals surface area contributed by atoms with E-state index in [9.17, 15) is 0 Å². The molecule has 0 atom stereocenters. The molecule has 0 saturated heterocycles. The molecule has 2 rings (SSSR count). The van der Waals surface area contributed by atoms with Crippen molar-refractivity contribution in [1.29, 1.82) is 0 Å². The van der Waals surface area contributed by atoms with Crippen LogP contribution in [0.15, 0.2) is 42.1 Å². The van der Waals surface area contributed by atoms with E-state index in [2.05, 4.69) is 54.5 Å². The number of hydrogen-bond acceptors (Lipinski definition) is 1. The van der Waals surface area contributed by atoms with Gasteiger partial charge in [-0.2, -0.15) is 0 Å². The first-order valence-electron chi connectivity index (χ1n) is 5.66. The molecule has 2 heteroatoms. The van der Waals surface area contributed by atoms with Gasteiger partial charge >= 0.3 is 0 Å². The summed E-state index contributed by atoms with van der Waals surface area (Å²) in [5, 5.41) is 4.68. The van der Waals surface area contributed by atoms with Gasteiger partial charge in [-0.1, -0.05) is 17.7 Å². The molecule has 0 unspecified atom stereocenters. The molecule has 0 saturated carbocycles. The van der Waals surface area contributed by atoms with E-state index in [0.29, 0.717) is 0 Å². The highest BCUT2D eigenvalue weighted by Crippen LogP contribution is 2.13. The van der Waals surface area contributed by atoms with Gasteiger partial charge in [0.1, 0.15) is 0 Å². The second-order valence-corrected chi connectivity index (χ2v) is 4.31. The molecule has 16 heavy (non-hydrogen) atoms. The summed E-state index contributed by atoms with van der Waals surface area (Å²) in [5.74, 6) is 0. The van der Waals surface area contributed by atoms with E-state index in [1.54, 1.807) is 0 Å². The number of aromatic nitrogens is 1. The van der Waals surface area contributed by atoms with Crippen LogP contribution < -0.4 is 5.32 Å². The van der Waals surface area contributed by atoms with Gasteiger partial charge in [0.15, 0.2) is 0 Å². The van der Waals surface area contributed by atoms with Crippen molar-refractivity contribution in [3.8, 4) is 0 Å². The Labute approximate surface area is 96.4 Å². The first-order valence-corrected chi connectivity index (χ1v) is 5.66. The van der Waals surface area contributed by atoms with Crippen LogP contribution in [0.1, 0.15) is 19.4 Å². The maximum Gasteiger partial charge on any atom is 0.0454 e. The molecule has 0 spiro atoms. The predicted molar refractivity (Wildman–Crippen MR) is 69.4 cm³/mol. The van der Waals surface area contributed by atoms with Gasteiger partial charge in [-0.15, -0.1) is 0 Å². The Hall–Kier alpha value is -1.54. The second-order valence-electron chi connectivity index (χ2n) is 4.31. The molecular weight excluding hydrogens is 196 g/mol. The average Bonchev–Trinajstić information content (AvgIpc) is 2.71. The van der Waals surface area contributed by atoms with Crippen molar-refractivity contribution in [3.05, 3.63) is 47.7 Å². The molecule has 0 aliphatic carbocycles. The lowest BCUT2D eigenvalue weighted by Crippen LogP contribution is -2.12. The van der Waals surface area contributed by atoms with Crippen LogP contribution in [-0.2, 0) is 6.54 Å². The van der Waals surface area contributed by atoms with Gasteiger partial charge in [0, 0.05) is 24.8 Å². The maximum atomic E-state index is 3.40. The maximum absolute atomic E-state index is 3.40. The van der Waals surface area contributed by atoms with Gasteiger partial charge < -0.3 is 10.3 Å². The predicted octanol–water partition coefficient (Wildman–Crippen LogP) is 3.22. The van der Waals surface area contributed by atoms with Gasteiger partial charge in [-0.3, -0.25) is 0 Å². The fourth-order valence-corrected chi connectivity index (χ4v) is 1.71. The van der Waals surface area contributed by atoms with Crippen molar-refractivity contribution in [1.82, 2.24) is 10.3 Å². The first kappa shape index (κ1) is 11.0. The third-order valence-electron chi connectivity index (χ3n) is 2.60. The van der Waals surface area contributed by atoms with Crippen LogP contribution in [0.2, 0.25) is 0 Å². The highest BCUT2D eigenvalue weighted by atomic mass is 14.8. The zero-order valence-electron chi connectivity index (χ0n) is 9.88. The Kier molecular flexibility index (Phi) is 3.42. The quantitative estimate of drug-likeness (QED) is 0.593. The number of hydrogen-bond donors (Lipinski definition) is 2. The van der Waals surface area contributed by atoms with Gasteiger partial charge in [-0.25, -0.2) is 0 Å². The van der Waals surface area contributed by atoms with Crippen molar-refractivity contribution in [2.24, 2.45) is 0 Å². The summed E-state index contributed by atoms with van der Waals surface area (Å²) in [6.07, 6.45) is 4.18. The summed E-state index contributed by atoms with van der Waals surface area (Å²) in [4.78, 5) is 3.20. The van der Waals surface area contributed by atoms with Crippen LogP contribution in [0, 0.1) is 0 Å². The number of rotatable bonds is 4. The molecule has 1 heterocycles. The molecule has 1 aromatic heterocycles. The highest BCUT2D eigenvalue weighted by Gasteiger charge is 1.96. The van der Waals surface area contributed by atoms with Gasteiger partial charge in [0.2, 0.25) is 0 Å². The molecular formula is C14H18N2. The van der Waals surface area contributed by atoms with E-state index in [4.69, 9.17) is 0 Å². The summed E-state index contributed by atoms with van der Waals surface area (Å²) in [7, 11) is 0. The van der Waals surface area contributed by atoms with Crippen molar-refractivity contribution in [2.75, 3.05) is 6.54 Å². The van der Waals surface area contributed by atoms with E-state index in [1.165, 1.54) is 22.0 Å². The molecule has 0 amide bonds. The van der Waals surface area contributed by atoms with Gasteiger partial charge in [0.25, 0.3) is 0 Å². The summed E-state index contributed by atoms with van der Waals surface area (Å²) >= 11 is 0. The Morgan fingerprint density at radius 1 is 1.31 bits per heavy atom. The molecule has 0 bridgehead atoms. The monoisotopic (exact) mass is 214 g/mol. The molecule has 0 radical (unpaired) electrons. The zero-order chi connectivity index (χ0) is 11.4. The molecule has 1 aromatic carbocycles. The number of aromatic amines is 1. The second kappa shape index (κ2) is 4.99. The van der Waals surface area contributed by atoms with Crippen molar-refractivity contribution >= 4 is 10.9 Å². The van der Waals surface area contributed by atoms with Crippen LogP contribution in [0.3, 0.4) is 0 Å². The molecule has 84 valence electrons. The molecule has 2 nitrogen and oxygen atoms in total. The molecule has 0 aliphatic rings. The van der Waals surface area contributed by atoms with Crippen LogP contribution in [0.4, 0.5) is 0 Å². The van der Waals surface area contributed by atoms with E-state index >= 15 is 0 Å². The van der Waals surface area contributed by atoms with Crippen LogP contribution >= 0.6 is 0 Å². The third-order valence-corrected chi connectivity index (χ3v) is 2.60. The van der Waals surface area contributed by atoms with Crippen molar-refractivity contribution < 1.29 is 0 Å². The lowest BCUT2D eigenvalue weighted by Gasteiger charge is -2.02. The van der Waals surface area contributed by atoms with Gasteiger partial charge in [-0.05, 0) is 43.0 Å². The highest BCUT2D eigenvalue weighted by molar-refractivity contribution is 5.79. The molecule has 2 aromatic rings. The molecule has 2 N–H and O–H groups in total. The largest absolute Gasteiger partial charge is 0.361 e. The molecule has 0 aliphatic heterocycles. The minimum Gasteiger partial charge on any atom is -0.361 e. The lowest BCUT2D eigenvalue weighted by molar-refractivity contribution is 0.758. The number of benzene rings is 1. The SMILES string of the molecule is CC(C)=CCNCc1ccc2[nH]ccc2c1. The van der Waals surface area contributed by atoms with E-state index in [0.717, 1.165) is 13.1 Å². The van der Waals surface area contributed by atoms with Crippen LogP contribution in [0.5, 0.6) is 0 Å². The Balaban J connectivity index is 1.96. The summed E-state index contributed by atoms with van der Waals surface area (Å²) in [5.41, 5.74) is 3.89. The average molecular weight is 214 g/mol. The van der Waals surface area contributed by atoms with Crippen molar-refractivity contribution in [2.45, 2.75) is 20.4 Å². The summed E-state index contributed by atoms with van der Waals surface area (Å²) < 4.78 is 0. The minimum absolute atomic E-state index is 0.922. The Bertz CT molecular complexity index is 490.